The lowest BCUT2D eigenvalue weighted by atomic mass is 10.1. The minimum Gasteiger partial charge on any atom is -0.449 e. The second-order valence-corrected chi connectivity index (χ2v) is 5.80. The molecule has 1 heterocycles. The molecule has 26 heavy (non-hydrogen) atoms. The average Bonchev–Trinajstić information content (AvgIpc) is 3.01. The second kappa shape index (κ2) is 7.70. The van der Waals surface area contributed by atoms with Gasteiger partial charge in [-0.1, -0.05) is 37.3 Å². The van der Waals surface area contributed by atoms with Crippen molar-refractivity contribution in [3.05, 3.63) is 72.0 Å². The Balaban J connectivity index is 1.94. The molecular formula is C21H20N2O3. The van der Waals surface area contributed by atoms with Crippen LogP contribution < -0.4 is 10.6 Å². The molecule has 3 rings (SSSR count). The number of hydrogen-bond acceptors (Lipinski definition) is 3. The third-order valence-corrected chi connectivity index (χ3v) is 3.99. The number of anilines is 2. The number of para-hydroxylation sites is 1. The molecule has 0 aliphatic heterocycles. The van der Waals surface area contributed by atoms with Crippen molar-refractivity contribution in [2.75, 3.05) is 10.6 Å². The van der Waals surface area contributed by atoms with Gasteiger partial charge >= 0.3 is 0 Å². The van der Waals surface area contributed by atoms with Crippen LogP contribution in [0.25, 0.3) is 11.0 Å². The van der Waals surface area contributed by atoms with Gasteiger partial charge in [0.05, 0.1) is 0 Å². The fourth-order valence-electron chi connectivity index (χ4n) is 2.66. The van der Waals surface area contributed by atoms with Crippen molar-refractivity contribution in [1.29, 1.82) is 0 Å². The predicted octanol–water partition coefficient (Wildman–Crippen LogP) is 4.76. The van der Waals surface area contributed by atoms with Gasteiger partial charge in [0.15, 0.2) is 0 Å². The number of carbonyl (C=O) groups is 2. The first kappa shape index (κ1) is 17.5. The van der Waals surface area contributed by atoms with E-state index in [1.807, 2.05) is 36.4 Å². The molecule has 0 fully saturated rings. The van der Waals surface area contributed by atoms with Crippen LogP contribution in [0.3, 0.4) is 0 Å². The summed E-state index contributed by atoms with van der Waals surface area (Å²) >= 11 is 0. The van der Waals surface area contributed by atoms with E-state index in [2.05, 4.69) is 17.6 Å². The summed E-state index contributed by atoms with van der Waals surface area (Å²) in [6.07, 6.45) is 3.96. The van der Waals surface area contributed by atoms with Crippen molar-refractivity contribution in [2.45, 2.75) is 20.3 Å². The van der Waals surface area contributed by atoms with Crippen LogP contribution in [-0.2, 0) is 11.2 Å². The van der Waals surface area contributed by atoms with Gasteiger partial charge in [-0.3, -0.25) is 9.59 Å². The molecule has 0 saturated carbocycles. The first-order valence-electron chi connectivity index (χ1n) is 8.48. The fraction of sp³-hybridized carbons (Fsp3) is 0.143. The zero-order chi connectivity index (χ0) is 18.5. The third kappa shape index (κ3) is 3.67. The molecule has 5 heteroatoms. The molecule has 0 spiro atoms. The van der Waals surface area contributed by atoms with E-state index in [4.69, 9.17) is 4.42 Å². The smallest absolute Gasteiger partial charge is 0.293 e. The Bertz CT molecular complexity index is 969. The summed E-state index contributed by atoms with van der Waals surface area (Å²) in [4.78, 5) is 24.7. The molecule has 2 amide bonds. The number of amides is 2. The quantitative estimate of drug-likeness (QED) is 0.653. The number of hydrogen-bond donors (Lipinski definition) is 2. The van der Waals surface area contributed by atoms with Crippen LogP contribution in [0, 0.1) is 0 Å². The number of rotatable bonds is 5. The minimum atomic E-state index is -0.416. The monoisotopic (exact) mass is 348 g/mol. The molecule has 132 valence electrons. The van der Waals surface area contributed by atoms with Crippen LogP contribution >= 0.6 is 0 Å². The molecule has 0 radical (unpaired) electrons. The Labute approximate surface area is 151 Å². The highest BCUT2D eigenvalue weighted by atomic mass is 16.3. The summed E-state index contributed by atoms with van der Waals surface area (Å²) in [5.41, 5.74) is 2.76. The maximum Gasteiger partial charge on any atom is 0.293 e. The van der Waals surface area contributed by atoms with Crippen LogP contribution in [-0.4, -0.2) is 11.8 Å². The van der Waals surface area contributed by atoms with Gasteiger partial charge in [0, 0.05) is 11.1 Å². The predicted molar refractivity (Wildman–Crippen MR) is 103 cm³/mol. The van der Waals surface area contributed by atoms with Crippen molar-refractivity contribution >= 4 is 34.2 Å². The summed E-state index contributed by atoms with van der Waals surface area (Å²) in [6, 6.07) is 14.8. The van der Waals surface area contributed by atoms with Gasteiger partial charge in [0.2, 0.25) is 11.7 Å². The topological polar surface area (TPSA) is 71.3 Å². The van der Waals surface area contributed by atoms with E-state index >= 15 is 0 Å². The molecule has 1 aromatic heterocycles. The Morgan fingerprint density at radius 3 is 2.46 bits per heavy atom. The van der Waals surface area contributed by atoms with E-state index < -0.39 is 5.91 Å². The highest BCUT2D eigenvalue weighted by Crippen LogP contribution is 2.31. The Morgan fingerprint density at radius 1 is 1.04 bits per heavy atom. The van der Waals surface area contributed by atoms with Gasteiger partial charge in [-0.15, -0.1) is 0 Å². The lowest BCUT2D eigenvalue weighted by molar-refractivity contribution is -0.111. The minimum absolute atomic E-state index is 0.0728. The second-order valence-electron chi connectivity index (χ2n) is 5.80. The Hall–Kier alpha value is -3.34. The van der Waals surface area contributed by atoms with E-state index in [1.165, 1.54) is 11.6 Å². The summed E-state index contributed by atoms with van der Waals surface area (Å²) < 4.78 is 5.71. The van der Waals surface area contributed by atoms with Crippen molar-refractivity contribution in [3.8, 4) is 0 Å². The molecule has 2 aromatic carbocycles. The van der Waals surface area contributed by atoms with Crippen LogP contribution in [0.5, 0.6) is 0 Å². The first-order valence-corrected chi connectivity index (χ1v) is 8.48. The van der Waals surface area contributed by atoms with Gasteiger partial charge in [0.1, 0.15) is 11.3 Å². The molecule has 0 aliphatic rings. The number of carbonyl (C=O) groups excluding carboxylic acids is 2. The lowest BCUT2D eigenvalue weighted by Crippen LogP contribution is -2.15. The SMILES string of the molecule is C/C=C/C(=O)Nc1c(C(=O)Nc2ccc(CC)cc2)oc2ccccc12. The molecular weight excluding hydrogens is 328 g/mol. The number of nitrogens with one attached hydrogen (secondary N) is 2. The summed E-state index contributed by atoms with van der Waals surface area (Å²) in [5, 5.41) is 6.23. The van der Waals surface area contributed by atoms with E-state index in [1.54, 1.807) is 25.1 Å². The largest absolute Gasteiger partial charge is 0.449 e. The van der Waals surface area contributed by atoms with Crippen LogP contribution in [0.2, 0.25) is 0 Å². The van der Waals surface area contributed by atoms with Crippen LogP contribution in [0.4, 0.5) is 11.4 Å². The Morgan fingerprint density at radius 2 is 1.77 bits per heavy atom. The number of allylic oxidation sites excluding steroid dienone is 1. The van der Waals surface area contributed by atoms with E-state index in [9.17, 15) is 9.59 Å². The summed E-state index contributed by atoms with van der Waals surface area (Å²) in [7, 11) is 0. The zero-order valence-electron chi connectivity index (χ0n) is 14.7. The summed E-state index contributed by atoms with van der Waals surface area (Å²) in [6.45, 7) is 3.82. The maximum atomic E-state index is 12.7. The van der Waals surface area contributed by atoms with Crippen molar-refractivity contribution in [2.24, 2.45) is 0 Å². The highest BCUT2D eigenvalue weighted by molar-refractivity contribution is 6.15. The number of benzene rings is 2. The molecule has 0 atom stereocenters. The van der Waals surface area contributed by atoms with Gasteiger partial charge in [0.25, 0.3) is 5.91 Å². The highest BCUT2D eigenvalue weighted by Gasteiger charge is 2.21. The first-order chi connectivity index (χ1) is 12.6. The van der Waals surface area contributed by atoms with Crippen molar-refractivity contribution < 1.29 is 14.0 Å². The standard InChI is InChI=1S/C21H20N2O3/c1-3-7-18(24)23-19-16-8-5-6-9-17(16)26-20(19)21(25)22-15-12-10-14(4-2)11-13-15/h3,5-13H,4H2,1-2H3,(H,22,25)(H,23,24)/b7-3+. The molecule has 0 aliphatic carbocycles. The van der Waals surface area contributed by atoms with E-state index in [-0.39, 0.29) is 11.7 Å². The van der Waals surface area contributed by atoms with E-state index in [0.29, 0.717) is 22.3 Å². The van der Waals surface area contributed by atoms with Crippen LogP contribution in [0.1, 0.15) is 30.0 Å². The van der Waals surface area contributed by atoms with Gasteiger partial charge in [-0.2, -0.15) is 0 Å². The van der Waals surface area contributed by atoms with E-state index in [0.717, 1.165) is 6.42 Å². The molecule has 0 saturated heterocycles. The fourth-order valence-corrected chi connectivity index (χ4v) is 2.66. The average molecular weight is 348 g/mol. The van der Waals surface area contributed by atoms with Gasteiger partial charge in [-0.05, 0) is 49.2 Å². The molecule has 0 unspecified atom stereocenters. The normalized spacial score (nSPS) is 11.0. The maximum absolute atomic E-state index is 12.7. The van der Waals surface area contributed by atoms with Crippen molar-refractivity contribution in [3.63, 3.8) is 0 Å². The molecule has 0 bridgehead atoms. The number of aryl methyl sites for hydroxylation is 1. The van der Waals surface area contributed by atoms with Gasteiger partial charge < -0.3 is 15.1 Å². The summed E-state index contributed by atoms with van der Waals surface area (Å²) in [5.74, 6) is -0.662. The van der Waals surface area contributed by atoms with Crippen molar-refractivity contribution in [1.82, 2.24) is 0 Å². The zero-order valence-corrected chi connectivity index (χ0v) is 14.7. The molecule has 5 nitrogen and oxygen atoms in total. The number of fused-ring (bicyclic) bond motifs is 1. The molecule has 3 aromatic rings. The van der Waals surface area contributed by atoms with Crippen LogP contribution in [0.15, 0.2) is 65.1 Å². The third-order valence-electron chi connectivity index (χ3n) is 3.99. The lowest BCUT2D eigenvalue weighted by Gasteiger charge is -2.06. The van der Waals surface area contributed by atoms with Gasteiger partial charge in [-0.25, -0.2) is 0 Å². The molecule has 2 N–H and O–H groups in total. The number of furan rings is 1. The Kier molecular flexibility index (Phi) is 5.17.